The van der Waals surface area contributed by atoms with Gasteiger partial charge in [-0.25, -0.2) is 0 Å². The fraction of sp³-hybridized carbons (Fsp3) is 0.933. The molecule has 0 rings (SSSR count). The number of carbonyl (C=O) groups is 1. The summed E-state index contributed by atoms with van der Waals surface area (Å²) in [6, 6.07) is 0. The summed E-state index contributed by atoms with van der Waals surface area (Å²) in [4.78, 5) is 13.6. The van der Waals surface area contributed by atoms with E-state index in [-0.39, 0.29) is 0 Å². The Bertz CT molecular complexity index is 205. The van der Waals surface area contributed by atoms with Crippen LogP contribution in [0.15, 0.2) is 0 Å². The minimum atomic E-state index is 0.295. The number of ether oxygens (including phenoxy) is 1. The lowest BCUT2D eigenvalue weighted by Gasteiger charge is -2.17. The zero-order chi connectivity index (χ0) is 13.8. The third-order valence-corrected chi connectivity index (χ3v) is 3.20. The highest BCUT2D eigenvalue weighted by Gasteiger charge is 2.08. The van der Waals surface area contributed by atoms with Crippen LogP contribution in [0.4, 0.5) is 0 Å². The summed E-state index contributed by atoms with van der Waals surface area (Å²) in [5, 5.41) is 0. The fourth-order valence-electron chi connectivity index (χ4n) is 1.85. The Morgan fingerprint density at radius 2 is 1.72 bits per heavy atom. The van der Waals surface area contributed by atoms with Gasteiger partial charge in [0.25, 0.3) is 0 Å². The van der Waals surface area contributed by atoms with Crippen LogP contribution in [-0.4, -0.2) is 38.1 Å². The molecule has 0 heterocycles. The van der Waals surface area contributed by atoms with Crippen molar-refractivity contribution in [2.75, 3.05) is 27.3 Å². The molecule has 108 valence electrons. The van der Waals surface area contributed by atoms with Crippen molar-refractivity contribution in [1.82, 2.24) is 4.90 Å². The molecule has 0 saturated heterocycles. The second kappa shape index (κ2) is 11.5. The number of nitrogens with zero attached hydrogens (tertiary/aromatic N) is 1. The highest BCUT2D eigenvalue weighted by atomic mass is 16.5. The molecular formula is C15H31NO2. The average molecular weight is 257 g/mol. The molecule has 0 bridgehead atoms. The molecule has 0 radical (unpaired) electrons. The highest BCUT2D eigenvalue weighted by Crippen LogP contribution is 2.07. The van der Waals surface area contributed by atoms with Gasteiger partial charge in [0.1, 0.15) is 0 Å². The van der Waals surface area contributed by atoms with Crippen molar-refractivity contribution < 1.29 is 9.53 Å². The Morgan fingerprint density at radius 1 is 1.11 bits per heavy atom. The summed E-state index contributed by atoms with van der Waals surface area (Å²) >= 11 is 0. The maximum Gasteiger partial charge on any atom is 0.222 e. The Morgan fingerprint density at radius 3 is 2.33 bits per heavy atom. The second-order valence-corrected chi connectivity index (χ2v) is 5.51. The first-order chi connectivity index (χ1) is 8.57. The first-order valence-electron chi connectivity index (χ1n) is 7.30. The van der Waals surface area contributed by atoms with Gasteiger partial charge in [-0.3, -0.25) is 4.79 Å². The van der Waals surface area contributed by atoms with Crippen molar-refractivity contribution in [1.29, 1.82) is 0 Å². The molecule has 0 spiro atoms. The summed E-state index contributed by atoms with van der Waals surface area (Å²) in [5.74, 6) is 0.909. The molecule has 0 aromatic carbocycles. The van der Waals surface area contributed by atoms with Crippen molar-refractivity contribution in [2.24, 2.45) is 5.92 Å². The largest absolute Gasteiger partial charge is 0.385 e. The van der Waals surface area contributed by atoms with E-state index in [0.717, 1.165) is 32.4 Å². The molecule has 0 saturated carbocycles. The first kappa shape index (κ1) is 17.4. The number of methoxy groups -OCH3 is 1. The van der Waals surface area contributed by atoms with E-state index in [4.69, 9.17) is 4.74 Å². The van der Waals surface area contributed by atoms with Gasteiger partial charge in [-0.1, -0.05) is 33.1 Å². The molecule has 0 atom stereocenters. The molecule has 0 fully saturated rings. The quantitative estimate of drug-likeness (QED) is 0.530. The number of carbonyl (C=O) groups excluding carboxylic acids is 1. The van der Waals surface area contributed by atoms with Crippen molar-refractivity contribution in [2.45, 2.75) is 58.8 Å². The Hall–Kier alpha value is -0.570. The van der Waals surface area contributed by atoms with Gasteiger partial charge in [-0.15, -0.1) is 0 Å². The molecule has 3 nitrogen and oxygen atoms in total. The summed E-state index contributed by atoms with van der Waals surface area (Å²) < 4.78 is 5.01. The topological polar surface area (TPSA) is 29.5 Å². The second-order valence-electron chi connectivity index (χ2n) is 5.51. The normalized spacial score (nSPS) is 10.9. The standard InChI is InChI=1S/C15H31NO2/c1-14(2)10-11-15(17)16(3)12-8-6-5-7-9-13-18-4/h14H,5-13H2,1-4H3. The lowest BCUT2D eigenvalue weighted by Crippen LogP contribution is -2.27. The van der Waals surface area contributed by atoms with E-state index in [2.05, 4.69) is 13.8 Å². The van der Waals surface area contributed by atoms with Crippen molar-refractivity contribution in [3.8, 4) is 0 Å². The number of hydrogen-bond acceptors (Lipinski definition) is 2. The van der Waals surface area contributed by atoms with Gasteiger partial charge in [0.15, 0.2) is 0 Å². The van der Waals surface area contributed by atoms with Crippen LogP contribution in [0, 0.1) is 5.92 Å². The maximum atomic E-state index is 11.8. The number of hydrogen-bond donors (Lipinski definition) is 0. The summed E-state index contributed by atoms with van der Waals surface area (Å²) in [6.07, 6.45) is 7.67. The molecule has 3 heteroatoms. The maximum absolute atomic E-state index is 11.8. The number of unbranched alkanes of at least 4 members (excludes halogenated alkanes) is 4. The van der Waals surface area contributed by atoms with E-state index < -0.39 is 0 Å². The van der Waals surface area contributed by atoms with Gasteiger partial charge in [0.2, 0.25) is 5.91 Å². The third kappa shape index (κ3) is 10.6. The van der Waals surface area contributed by atoms with Crippen LogP contribution in [0.25, 0.3) is 0 Å². The fourth-order valence-corrected chi connectivity index (χ4v) is 1.85. The van der Waals surface area contributed by atoms with Crippen LogP contribution in [0.5, 0.6) is 0 Å². The molecular weight excluding hydrogens is 226 g/mol. The van der Waals surface area contributed by atoms with Crippen LogP contribution >= 0.6 is 0 Å². The average Bonchev–Trinajstić information content (AvgIpc) is 2.34. The molecule has 0 aromatic rings. The molecule has 0 aliphatic rings. The zero-order valence-corrected chi connectivity index (χ0v) is 12.7. The minimum absolute atomic E-state index is 0.295. The van der Waals surface area contributed by atoms with E-state index >= 15 is 0 Å². The van der Waals surface area contributed by atoms with E-state index in [1.165, 1.54) is 19.3 Å². The van der Waals surface area contributed by atoms with E-state index in [1.807, 2.05) is 11.9 Å². The van der Waals surface area contributed by atoms with Gasteiger partial charge in [-0.2, -0.15) is 0 Å². The molecule has 1 amide bonds. The van der Waals surface area contributed by atoms with Crippen LogP contribution in [0.2, 0.25) is 0 Å². The van der Waals surface area contributed by atoms with Crippen LogP contribution in [-0.2, 0) is 9.53 Å². The van der Waals surface area contributed by atoms with E-state index in [1.54, 1.807) is 7.11 Å². The lowest BCUT2D eigenvalue weighted by molar-refractivity contribution is -0.130. The Kier molecular flexibility index (Phi) is 11.2. The summed E-state index contributed by atoms with van der Waals surface area (Å²) in [6.45, 7) is 6.09. The van der Waals surface area contributed by atoms with Crippen molar-refractivity contribution >= 4 is 5.91 Å². The highest BCUT2D eigenvalue weighted by molar-refractivity contribution is 5.75. The first-order valence-corrected chi connectivity index (χ1v) is 7.30. The van der Waals surface area contributed by atoms with Crippen LogP contribution < -0.4 is 0 Å². The minimum Gasteiger partial charge on any atom is -0.385 e. The van der Waals surface area contributed by atoms with Gasteiger partial charge in [0.05, 0.1) is 0 Å². The van der Waals surface area contributed by atoms with E-state index in [0.29, 0.717) is 18.2 Å². The monoisotopic (exact) mass is 257 g/mol. The zero-order valence-electron chi connectivity index (χ0n) is 12.7. The van der Waals surface area contributed by atoms with Gasteiger partial charge in [0, 0.05) is 33.7 Å². The van der Waals surface area contributed by atoms with Crippen molar-refractivity contribution in [3.05, 3.63) is 0 Å². The van der Waals surface area contributed by atoms with Gasteiger partial charge >= 0.3 is 0 Å². The molecule has 18 heavy (non-hydrogen) atoms. The molecule has 0 unspecified atom stereocenters. The van der Waals surface area contributed by atoms with Crippen LogP contribution in [0.3, 0.4) is 0 Å². The van der Waals surface area contributed by atoms with E-state index in [9.17, 15) is 4.79 Å². The SMILES string of the molecule is COCCCCCCCN(C)C(=O)CCC(C)C. The molecule has 0 aromatic heterocycles. The third-order valence-electron chi connectivity index (χ3n) is 3.20. The molecule has 0 aliphatic carbocycles. The Balaban J connectivity index is 3.40. The smallest absolute Gasteiger partial charge is 0.222 e. The van der Waals surface area contributed by atoms with Gasteiger partial charge in [-0.05, 0) is 25.2 Å². The predicted octanol–water partition coefficient (Wildman–Crippen LogP) is 3.48. The van der Waals surface area contributed by atoms with Crippen molar-refractivity contribution in [3.63, 3.8) is 0 Å². The molecule has 0 N–H and O–H groups in total. The number of rotatable bonds is 11. The lowest BCUT2D eigenvalue weighted by atomic mass is 10.1. The Labute approximate surface area is 113 Å². The van der Waals surface area contributed by atoms with Crippen LogP contribution in [0.1, 0.15) is 58.8 Å². The van der Waals surface area contributed by atoms with Gasteiger partial charge < -0.3 is 9.64 Å². The summed E-state index contributed by atoms with van der Waals surface area (Å²) in [5.41, 5.74) is 0. The summed E-state index contributed by atoms with van der Waals surface area (Å²) in [7, 11) is 3.67. The number of amides is 1. The predicted molar refractivity (Wildman–Crippen MR) is 76.7 cm³/mol. The molecule has 0 aliphatic heterocycles.